The van der Waals surface area contributed by atoms with Crippen molar-refractivity contribution in [2.24, 2.45) is 0 Å². The number of aromatic carboxylic acids is 2. The van der Waals surface area contributed by atoms with E-state index in [2.05, 4.69) is 25.8 Å². The van der Waals surface area contributed by atoms with Crippen molar-refractivity contribution < 1.29 is 200 Å². The standard InChI is InChI=1S/C51H41Cl2N4O17S4.4Na/c1-22-13-24(3)46(56-75(64,65)41-17-28(52)15-34(48(41)58)50(60)61)26(5)44(22)54-30-11-12-31-37(19-30)74-38-21-36(40(78(71,72)73)20-33(38)43(31)32-9-7-8-10-39(32)77(68,69)70)55-45-23(2)14-25(4)47(27(45)6)57-76(66,67)42-18-29(53)16-35(49(42)59)51(62)63;;;;/h7-10,12-21,54,56-59H,1-6H3,(H,60,61)(H,62,63)(H,68,69,70)(H,71,72,73);;;;/q-1;4*+1/p-3. The molecule has 0 saturated heterocycles. The molecule has 1 aliphatic heterocycles. The van der Waals surface area contributed by atoms with Crippen molar-refractivity contribution in [3.05, 3.63) is 151 Å². The number of nitrogens with one attached hydrogen (secondary N) is 4. The molecule has 6 aromatic rings. The maximum Gasteiger partial charge on any atom is 1.00 e. The predicted molar refractivity (Wildman–Crippen MR) is 278 cm³/mol. The molecule has 8 rings (SSSR count). The van der Waals surface area contributed by atoms with Crippen LogP contribution in [0.25, 0.3) is 33.4 Å². The average molecular weight is 1270 g/mol. The van der Waals surface area contributed by atoms with Crippen molar-refractivity contribution in [3.8, 4) is 33.9 Å². The normalized spacial score (nSPS) is 11.9. The molecule has 0 amide bonds. The van der Waals surface area contributed by atoms with Crippen molar-refractivity contribution in [3.63, 3.8) is 0 Å². The summed E-state index contributed by atoms with van der Waals surface area (Å²) < 4.78 is 145. The molecule has 31 heteroatoms. The molecule has 0 saturated carbocycles. The van der Waals surface area contributed by atoms with E-state index in [9.17, 15) is 72.8 Å². The Morgan fingerprint density at radius 3 is 1.56 bits per heavy atom. The molecule has 0 spiro atoms. The number of carboxylic acids is 2. The first-order valence-electron chi connectivity index (χ1n) is 22.3. The van der Waals surface area contributed by atoms with Gasteiger partial charge in [-0.3, -0.25) is 9.44 Å². The number of carbonyl (C=O) groups is 2. The summed E-state index contributed by atoms with van der Waals surface area (Å²) in [5.41, 5.74) is -0.0335. The Morgan fingerprint density at radius 1 is 0.585 bits per heavy atom. The van der Waals surface area contributed by atoms with Crippen LogP contribution in [0.2, 0.25) is 10.0 Å². The minimum Gasteiger partial charge on any atom is -0.744 e. The number of anilines is 4. The van der Waals surface area contributed by atoms with Crippen LogP contribution in [0, 0.1) is 47.6 Å². The summed E-state index contributed by atoms with van der Waals surface area (Å²) in [4.78, 5) is 22.8. The van der Waals surface area contributed by atoms with Crippen molar-refractivity contribution in [2.75, 3.05) is 14.8 Å². The molecule has 0 radical (unpaired) electrons. The number of halogens is 2. The van der Waals surface area contributed by atoms with Gasteiger partial charge in [-0.1, -0.05) is 64.1 Å². The van der Waals surface area contributed by atoms with E-state index in [0.717, 1.165) is 42.5 Å². The Balaban J connectivity index is 0.00000361. The van der Waals surface area contributed by atoms with E-state index in [1.54, 1.807) is 33.8 Å². The van der Waals surface area contributed by atoms with Gasteiger partial charge in [0.2, 0.25) is 11.0 Å². The number of benzene rings is 7. The van der Waals surface area contributed by atoms with E-state index < -0.39 is 99.8 Å². The molecule has 1 heterocycles. The molecule has 0 unspecified atom stereocenters. The van der Waals surface area contributed by atoms with Crippen LogP contribution in [0.15, 0.2) is 109 Å². The molecule has 0 bridgehead atoms. The molecule has 0 fully saturated rings. The van der Waals surface area contributed by atoms with Gasteiger partial charge in [-0.25, -0.2) is 38.7 Å². The van der Waals surface area contributed by atoms with Gasteiger partial charge in [0, 0.05) is 49.1 Å². The molecule has 6 N–H and O–H groups in total. The van der Waals surface area contributed by atoms with E-state index in [4.69, 9.17) is 27.6 Å². The first kappa shape index (κ1) is 70.7. The molecule has 406 valence electrons. The summed E-state index contributed by atoms with van der Waals surface area (Å²) in [5.74, 6) is -6.31. The van der Waals surface area contributed by atoms with Crippen LogP contribution in [-0.4, -0.2) is 64.9 Å². The quantitative estimate of drug-likeness (QED) is 0.0255. The predicted octanol–water partition coefficient (Wildman–Crippen LogP) is -7.22. The average Bonchev–Trinajstić information content (AvgIpc) is 3.51. The topological polar surface area (TPSA) is 367 Å². The van der Waals surface area contributed by atoms with Crippen molar-refractivity contribution >= 4 is 115 Å². The van der Waals surface area contributed by atoms with Crippen LogP contribution >= 0.6 is 23.2 Å². The van der Waals surface area contributed by atoms with Crippen LogP contribution in [0.4, 0.5) is 28.4 Å². The number of carbonyl (C=O) groups excluding carboxylic acids is 2. The third-order valence-electron chi connectivity index (χ3n) is 12.5. The van der Waals surface area contributed by atoms with Gasteiger partial charge >= 0.3 is 118 Å². The van der Waals surface area contributed by atoms with Gasteiger partial charge in [0.15, 0.2) is 0 Å². The van der Waals surface area contributed by atoms with E-state index in [-0.39, 0.29) is 201 Å². The summed E-state index contributed by atoms with van der Waals surface area (Å²) in [6.45, 7) is 9.32. The van der Waals surface area contributed by atoms with Crippen LogP contribution < -0.4 is 154 Å². The fourth-order valence-corrected chi connectivity index (χ4v) is 13.6. The maximum atomic E-state index is 13.8. The van der Waals surface area contributed by atoms with Gasteiger partial charge in [0.05, 0.1) is 34.3 Å². The number of hydrogen-bond acceptors (Lipinski definition) is 18. The van der Waals surface area contributed by atoms with Gasteiger partial charge in [-0.15, -0.1) is 6.07 Å². The van der Waals surface area contributed by atoms with Gasteiger partial charge in [-0.05, 0) is 112 Å². The summed E-state index contributed by atoms with van der Waals surface area (Å²) in [5, 5.41) is 46.7. The Bertz CT molecular complexity index is 4490. The minimum atomic E-state index is -5.50. The number of aromatic hydroxyl groups is 2. The summed E-state index contributed by atoms with van der Waals surface area (Å²) in [6, 6.07) is 19.1. The second kappa shape index (κ2) is 26.5. The summed E-state index contributed by atoms with van der Waals surface area (Å²) >= 11 is 12.0. The van der Waals surface area contributed by atoms with Gasteiger partial charge in [0.25, 0.3) is 20.0 Å². The van der Waals surface area contributed by atoms with Gasteiger partial charge in [-0.2, -0.15) is 12.1 Å². The monoisotopic (exact) mass is 1270 g/mol. The third kappa shape index (κ3) is 14.2. The first-order valence-corrected chi connectivity index (χ1v) is 28.8. The number of carboxylic acid groups (broad SMARTS) is 2. The molecule has 82 heavy (non-hydrogen) atoms. The molecule has 1 aliphatic carbocycles. The smallest absolute Gasteiger partial charge is 0.744 e. The van der Waals surface area contributed by atoms with Gasteiger partial charge in [0.1, 0.15) is 52.2 Å². The number of fused-ring (bicyclic) bond motifs is 2. The second-order valence-corrected chi connectivity index (χ2v) is 24.6. The summed E-state index contributed by atoms with van der Waals surface area (Å²) in [7, 11) is -20.4. The number of phenols is 2. The van der Waals surface area contributed by atoms with Crippen LogP contribution in [0.3, 0.4) is 0 Å². The summed E-state index contributed by atoms with van der Waals surface area (Å²) in [6.07, 6.45) is 0. The maximum absolute atomic E-state index is 13.8. The first-order chi connectivity index (χ1) is 36.2. The SMILES string of the molecule is Cc1cc(C)c(NS(=O)(=O)c2cc(Cl)cc(C(=O)[O-])c2O)c(C)c1Nc1[c-]cc2c(-c3ccccc3S(=O)(=O)[O-])c3cc(S(=O)(=O)[O-])c(=[NH+]c4c(C)cc(C)c(NS(=O)(=O)c5cc(Cl)cc(C(=O)[O-])c5O)c4C)cc-3oc2c1.[Na+].[Na+].[Na+].[Na+]. The molecule has 21 nitrogen and oxygen atoms in total. The zero-order valence-corrected chi connectivity index (χ0v) is 57.8. The zero-order chi connectivity index (χ0) is 57.5. The van der Waals surface area contributed by atoms with E-state index in [0.29, 0.717) is 22.4 Å². The minimum absolute atomic E-state index is 0. The molecule has 0 aromatic heterocycles. The third-order valence-corrected chi connectivity index (χ3v) is 17.4. The van der Waals surface area contributed by atoms with E-state index >= 15 is 0 Å². The van der Waals surface area contributed by atoms with Crippen molar-refractivity contribution in [1.29, 1.82) is 0 Å². The number of hydrogen-bond donors (Lipinski definition) is 6. The molecule has 2 aliphatic rings. The molecular formula is C51H38Cl2N4Na4O17S4. The number of rotatable bonds is 14. The second-order valence-electron chi connectivity index (χ2n) is 17.8. The largest absolute Gasteiger partial charge is 1.00 e. The van der Waals surface area contributed by atoms with Crippen molar-refractivity contribution in [2.45, 2.75) is 61.1 Å². The van der Waals surface area contributed by atoms with E-state index in [1.807, 2.05) is 0 Å². The van der Waals surface area contributed by atoms with Crippen LogP contribution in [0.1, 0.15) is 54.1 Å². The zero-order valence-electron chi connectivity index (χ0n) is 45.0. The number of aryl methyl sites for hydroxylation is 4. The molecule has 6 aromatic carbocycles. The van der Waals surface area contributed by atoms with Gasteiger partial charge < -0.3 is 48.9 Å². The Hall–Kier alpha value is -3.75. The fraction of sp³-hybridized carbons (Fsp3) is 0.118. The van der Waals surface area contributed by atoms with E-state index in [1.165, 1.54) is 50.2 Å². The van der Waals surface area contributed by atoms with Crippen LogP contribution in [-0.2, 0) is 40.3 Å². The van der Waals surface area contributed by atoms with Crippen LogP contribution in [0.5, 0.6) is 11.5 Å². The fourth-order valence-electron chi connectivity index (χ4n) is 9.00. The molecular weight excluding hydrogens is 1230 g/mol. The van der Waals surface area contributed by atoms with Crippen molar-refractivity contribution in [1.82, 2.24) is 0 Å². The Labute approximate surface area is 568 Å². The Kier molecular flexibility index (Phi) is 22.8. The Morgan fingerprint density at radius 2 is 1.06 bits per heavy atom. The number of sulfonamides is 2. The molecule has 0 atom stereocenters.